The summed E-state index contributed by atoms with van der Waals surface area (Å²) in [5.74, 6) is -215. The van der Waals surface area contributed by atoms with Gasteiger partial charge in [0, 0.05) is 40.8 Å². The number of halogens is 78. The van der Waals surface area contributed by atoms with Gasteiger partial charge in [-0.05, 0) is 0 Å². The topological polar surface area (TPSA) is 251 Å². The molecule has 3 unspecified atom stereocenters. The van der Waals surface area contributed by atoms with Gasteiger partial charge in [0.05, 0.1) is 0 Å². The average molecular weight is 2490 g/mol. The Balaban J connectivity index is -0.000000957. The van der Waals surface area contributed by atoms with Crippen LogP contribution in [0, 0.1) is 40.8 Å². The number of rotatable bonds is 33. The van der Waals surface area contributed by atoms with Crippen molar-refractivity contribution >= 4 is 60.1 Å². The first-order valence-electron chi connectivity index (χ1n) is 26.6. The first-order valence-corrected chi connectivity index (χ1v) is 35.3. The smallest absolute Gasteiger partial charge is 0.295 e. The van der Waals surface area contributed by atoms with Gasteiger partial charge in [-0.1, -0.05) is 11.3 Å². The standard InChI is InChI=1S/3C12HF26NO4S2.Nd/c3*13-1(14,5(21,22)9(29,30)31)3(17,18)7(25,26)11(35,36)44(40,41)39-45(42,43)12(37,38)8(27,28)4(19,20)2(15,16)6(23,24)10(32,33)34;/h3*(H,39,40,41);. The van der Waals surface area contributed by atoms with Gasteiger partial charge in [-0.2, -0.15) is 368 Å². The molecule has 0 heterocycles. The average Bonchev–Trinajstić information content (AvgIpc) is 0.699. The Bertz CT molecular complexity index is 4590. The van der Waals surface area contributed by atoms with Crippen LogP contribution in [0.4, 0.5) is 342 Å². The summed E-state index contributed by atoms with van der Waals surface area (Å²) in [4.78, 5) is 0. The Hall–Kier alpha value is -4.53. The Morgan fingerprint density at radius 3 is 0.257 bits per heavy atom. The van der Waals surface area contributed by atoms with Crippen LogP contribution in [0.1, 0.15) is 0 Å². The number of sulfonamides is 3. The van der Waals surface area contributed by atoms with Gasteiger partial charge in [0.25, 0.3) is 30.0 Å². The molecule has 0 aliphatic heterocycles. The van der Waals surface area contributed by atoms with Crippen LogP contribution >= 0.6 is 0 Å². The van der Waals surface area contributed by atoms with E-state index in [1.54, 1.807) is 0 Å². The van der Waals surface area contributed by atoms with E-state index in [1.807, 2.05) is 0 Å². The fraction of sp³-hybridized carbons (Fsp3) is 1.00. The second-order valence-corrected chi connectivity index (χ2v) is 33.7. The Labute approximate surface area is 715 Å². The van der Waals surface area contributed by atoms with Crippen molar-refractivity contribution < 1.29 is 435 Å². The van der Waals surface area contributed by atoms with Crippen LogP contribution in [0.25, 0.3) is 0 Å². The molecule has 820 valence electrons. The zero-order chi connectivity index (χ0) is 113. The van der Waals surface area contributed by atoms with Gasteiger partial charge >= 0.3 is 241 Å². The van der Waals surface area contributed by atoms with E-state index in [9.17, 15) is 380 Å². The van der Waals surface area contributed by atoms with Crippen molar-refractivity contribution in [2.24, 2.45) is 11.3 Å². The van der Waals surface area contributed by atoms with Crippen LogP contribution in [0.2, 0.25) is 0 Å². The Morgan fingerprint density at radius 2 is 0.184 bits per heavy atom. The molecule has 3 N–H and O–H groups in total. The summed E-state index contributed by atoms with van der Waals surface area (Å²) in [5.41, 5.74) is 0. The summed E-state index contributed by atoms with van der Waals surface area (Å²) in [7, 11) is -56.3. The molecule has 0 fully saturated rings. The van der Waals surface area contributed by atoms with E-state index in [0.29, 0.717) is 0 Å². The van der Waals surface area contributed by atoms with Crippen molar-refractivity contribution in [3.63, 3.8) is 0 Å². The molecule has 136 heavy (non-hydrogen) atoms. The van der Waals surface area contributed by atoms with Crippen LogP contribution in [0.5, 0.6) is 0 Å². The molecule has 0 saturated heterocycles. The molecular formula is C36H3F78N3NdO12S6. The monoisotopic (exact) mass is 2480 g/mol. The van der Waals surface area contributed by atoms with Crippen molar-refractivity contribution in [1.29, 1.82) is 0 Å². The summed E-state index contributed by atoms with van der Waals surface area (Å²) in [5, 5.41) is -53.3. The van der Waals surface area contributed by atoms with E-state index in [0.717, 1.165) is 0 Å². The van der Waals surface area contributed by atoms with E-state index < -0.39 is 271 Å². The quantitative estimate of drug-likeness (QED) is 0.0519. The molecule has 0 amide bonds. The zero-order valence-electron chi connectivity index (χ0n) is 56.8. The molecule has 15 nitrogen and oxygen atoms in total. The third kappa shape index (κ3) is 18.8. The van der Waals surface area contributed by atoms with Gasteiger partial charge in [-0.3, -0.25) is 13.7 Å². The van der Waals surface area contributed by atoms with Crippen LogP contribution in [0.3, 0.4) is 0 Å². The minimum Gasteiger partial charge on any atom is -0.295 e. The van der Waals surface area contributed by atoms with Gasteiger partial charge in [0.2, 0.25) is 0 Å². The van der Waals surface area contributed by atoms with Crippen LogP contribution in [0.15, 0.2) is 11.3 Å². The maximum Gasteiger partial charge on any atom is 0.460 e. The predicted molar refractivity (Wildman–Crippen MR) is 251 cm³/mol. The van der Waals surface area contributed by atoms with E-state index in [2.05, 4.69) is 0 Å². The molecule has 0 saturated carbocycles. The molecule has 3 atom stereocenters. The number of nitrogens with zero attached hydrogens (tertiary/aromatic N) is 3. The summed E-state index contributed by atoms with van der Waals surface area (Å²) < 4.78 is 1140. The maximum absolute atomic E-state index is 13.7. The van der Waals surface area contributed by atoms with Crippen molar-refractivity contribution in [2.45, 2.75) is 211 Å². The van der Waals surface area contributed by atoms with E-state index in [-0.39, 0.29) is 52.1 Å². The fourth-order valence-electron chi connectivity index (χ4n) is 6.20. The summed E-state index contributed by atoms with van der Waals surface area (Å²) in [6.45, 7) is 0. The number of hydrogen-bond acceptors (Lipinski definition) is 9. The maximum atomic E-state index is 13.7. The second-order valence-electron chi connectivity index (χ2n) is 23.0. The molecule has 0 rings (SSSR count). The van der Waals surface area contributed by atoms with E-state index >= 15 is 0 Å². The van der Waals surface area contributed by atoms with E-state index in [1.165, 1.54) is 0 Å². The third-order valence-corrected chi connectivity index (χ3v) is 24.3. The van der Waals surface area contributed by atoms with Crippen molar-refractivity contribution in [3.05, 3.63) is 0 Å². The summed E-state index contributed by atoms with van der Waals surface area (Å²) in [6, 6.07) is 0. The largest absolute Gasteiger partial charge is 0.460 e. The molecular weight excluding hydrogens is 2480 g/mol. The molecule has 100 heteroatoms. The van der Waals surface area contributed by atoms with E-state index in [4.69, 9.17) is 13.7 Å². The van der Waals surface area contributed by atoms with Crippen LogP contribution < -0.4 is 0 Å². The molecule has 0 aromatic heterocycles. The minimum absolute atomic E-state index is 0. The van der Waals surface area contributed by atoms with Crippen LogP contribution in [-0.2, 0) is 60.1 Å². The molecule has 0 aromatic carbocycles. The Kier molecular flexibility index (Phi) is 35.3. The van der Waals surface area contributed by atoms with Gasteiger partial charge in [-0.15, -0.1) is 0 Å². The van der Waals surface area contributed by atoms with Gasteiger partial charge in [0.15, 0.2) is 0 Å². The molecule has 0 radical (unpaired) electrons. The molecule has 0 aliphatic carbocycles. The second kappa shape index (κ2) is 34.9. The molecule has 0 aromatic rings. The molecule has 0 bridgehead atoms. The molecule has 0 spiro atoms. The Morgan fingerprint density at radius 1 is 0.118 bits per heavy atom. The van der Waals surface area contributed by atoms with Gasteiger partial charge < -0.3 is 0 Å². The first kappa shape index (κ1) is 138. The van der Waals surface area contributed by atoms with Crippen LogP contribution in [-0.4, -0.2) is 262 Å². The molecule has 0 aliphatic rings. The van der Waals surface area contributed by atoms with Crippen molar-refractivity contribution in [2.75, 3.05) is 0 Å². The zero-order valence-corrected chi connectivity index (χ0v) is 64.9. The number of alkyl halides is 78. The van der Waals surface area contributed by atoms with Crippen molar-refractivity contribution in [3.8, 4) is 0 Å². The summed E-state index contributed by atoms with van der Waals surface area (Å²) in [6.07, 6.45) is -48.8. The predicted octanol–water partition coefficient (Wildman–Crippen LogP) is 22.9. The van der Waals surface area contributed by atoms with Crippen molar-refractivity contribution in [1.82, 2.24) is 0 Å². The third-order valence-electron chi connectivity index (χ3n) is 14.0. The fourth-order valence-corrected chi connectivity index (χ4v) is 14.4. The minimum atomic E-state index is -9.47. The number of hydrogen-bond donors (Lipinski definition) is 3. The summed E-state index contributed by atoms with van der Waals surface area (Å²) >= 11 is 0. The SMILES string of the molecule is O=S(=O)(N=S(=O)(O)C(F)(F)C(F)(F)C(F)(F)C(F)(F)C(F)(F)C(F)(F)F)C(F)(F)C(F)(F)C(F)(F)C(F)(F)C(F)(F)C(F)(F)F.O=S(=O)(N=S(=O)(O)C(F)(F)C(F)(F)C(F)(F)C(F)(F)C(F)(F)C(F)(F)F)C(F)(F)C(F)(F)C(F)(F)C(F)(F)C(F)(F)C(F)(F)F.O=S(=O)(N=S(=O)(O)C(F)(F)C(F)(F)C(F)(F)C(F)(F)C(F)(F)C(F)(F)F)C(F)(F)C(F)(F)C(F)(F)C(F)(F)C(F)(F)C(F)(F)F.[Nd]. The normalized spacial score (nSPS) is 18.0. The first-order chi connectivity index (χ1) is 56.1. The van der Waals surface area contributed by atoms with Gasteiger partial charge in [-0.25, -0.2) is 12.6 Å². The van der Waals surface area contributed by atoms with Gasteiger partial charge in [0.1, 0.15) is 0 Å².